The van der Waals surface area contributed by atoms with E-state index >= 15 is 0 Å². The highest BCUT2D eigenvalue weighted by Crippen LogP contribution is 2.07. The molecule has 0 spiro atoms. The lowest BCUT2D eigenvalue weighted by molar-refractivity contribution is -0.171. The number of aliphatic hydroxyl groups is 1. The van der Waals surface area contributed by atoms with Crippen molar-refractivity contribution >= 4 is 12.0 Å². The Morgan fingerprint density at radius 2 is 1.94 bits per heavy atom. The number of alkyl carbamates (subject to hydrolysis) is 1. The summed E-state index contributed by atoms with van der Waals surface area (Å²) >= 11 is 0. The Balaban J connectivity index is 4.53. The second kappa shape index (κ2) is 7.17. The molecule has 0 bridgehead atoms. The second-order valence-corrected chi connectivity index (χ2v) is 4.73. The number of ether oxygens (including phenoxy) is 1. The zero-order chi connectivity index (χ0) is 14.3. The van der Waals surface area contributed by atoms with Crippen molar-refractivity contribution in [2.24, 2.45) is 0 Å². The van der Waals surface area contributed by atoms with E-state index in [0.29, 0.717) is 0 Å². The zero-order valence-corrected chi connectivity index (χ0v) is 11.5. The minimum Gasteiger partial charge on any atom is -0.444 e. The summed E-state index contributed by atoms with van der Waals surface area (Å²) in [7, 11) is 2.75. The maximum atomic E-state index is 11.8. The molecule has 18 heavy (non-hydrogen) atoms. The summed E-state index contributed by atoms with van der Waals surface area (Å²) in [5.41, 5.74) is -0.649. The molecule has 0 aliphatic heterocycles. The third-order valence-corrected chi connectivity index (χ3v) is 1.99. The fourth-order valence-electron chi connectivity index (χ4n) is 1.15. The highest BCUT2D eigenvalue weighted by atomic mass is 16.7. The third-order valence-electron chi connectivity index (χ3n) is 1.99. The van der Waals surface area contributed by atoms with Crippen molar-refractivity contribution in [2.75, 3.05) is 20.8 Å². The van der Waals surface area contributed by atoms with E-state index in [1.807, 2.05) is 0 Å². The summed E-state index contributed by atoms with van der Waals surface area (Å²) in [5, 5.41) is 12.3. The molecule has 2 amide bonds. The van der Waals surface area contributed by atoms with E-state index in [-0.39, 0.29) is 13.0 Å². The van der Waals surface area contributed by atoms with Crippen molar-refractivity contribution in [3.63, 3.8) is 0 Å². The molecule has 0 saturated carbocycles. The number of amides is 2. The van der Waals surface area contributed by atoms with Crippen molar-refractivity contribution < 1.29 is 24.3 Å². The van der Waals surface area contributed by atoms with E-state index in [1.165, 1.54) is 14.2 Å². The largest absolute Gasteiger partial charge is 0.444 e. The molecule has 0 aliphatic carbocycles. The summed E-state index contributed by atoms with van der Waals surface area (Å²) in [6.45, 7) is 4.92. The maximum Gasteiger partial charge on any atom is 0.408 e. The molecular formula is C11H22N2O5. The average Bonchev–Trinajstić information content (AvgIpc) is 2.23. The molecule has 2 N–H and O–H groups in total. The van der Waals surface area contributed by atoms with Crippen molar-refractivity contribution in [3.8, 4) is 0 Å². The minimum absolute atomic E-state index is 0.0891. The monoisotopic (exact) mass is 262 g/mol. The van der Waals surface area contributed by atoms with E-state index in [9.17, 15) is 9.59 Å². The summed E-state index contributed by atoms with van der Waals surface area (Å²) < 4.78 is 5.03. The van der Waals surface area contributed by atoms with Gasteiger partial charge in [-0.25, -0.2) is 9.86 Å². The number of carbonyl (C=O) groups excluding carboxylic acids is 2. The van der Waals surface area contributed by atoms with E-state index in [4.69, 9.17) is 14.7 Å². The Kier molecular flexibility index (Phi) is 6.64. The molecule has 7 nitrogen and oxygen atoms in total. The van der Waals surface area contributed by atoms with Gasteiger partial charge in [0.25, 0.3) is 5.91 Å². The van der Waals surface area contributed by atoms with Crippen LogP contribution in [-0.4, -0.2) is 54.6 Å². The Morgan fingerprint density at radius 3 is 2.33 bits per heavy atom. The van der Waals surface area contributed by atoms with E-state index in [1.54, 1.807) is 20.8 Å². The Labute approximate surface area is 107 Å². The van der Waals surface area contributed by atoms with Crippen LogP contribution in [0.3, 0.4) is 0 Å². The summed E-state index contributed by atoms with van der Waals surface area (Å²) in [6, 6.07) is -0.880. The molecule has 0 fully saturated rings. The predicted molar refractivity (Wildman–Crippen MR) is 64.6 cm³/mol. The van der Waals surface area contributed by atoms with Crippen LogP contribution in [0.25, 0.3) is 0 Å². The van der Waals surface area contributed by atoms with Crippen LogP contribution in [0.1, 0.15) is 27.2 Å². The molecular weight excluding hydrogens is 240 g/mol. The van der Waals surface area contributed by atoms with Crippen LogP contribution in [0, 0.1) is 0 Å². The molecule has 0 unspecified atom stereocenters. The van der Waals surface area contributed by atoms with E-state index in [2.05, 4.69) is 5.32 Å². The van der Waals surface area contributed by atoms with Gasteiger partial charge in [-0.1, -0.05) is 0 Å². The first kappa shape index (κ1) is 16.7. The fourth-order valence-corrected chi connectivity index (χ4v) is 1.15. The van der Waals surface area contributed by atoms with Gasteiger partial charge >= 0.3 is 6.09 Å². The predicted octanol–water partition coefficient (Wildman–Crippen LogP) is 0.282. The molecule has 0 aliphatic rings. The molecule has 0 aromatic rings. The first-order valence-electron chi connectivity index (χ1n) is 5.63. The van der Waals surface area contributed by atoms with Gasteiger partial charge in [0.05, 0.1) is 7.11 Å². The number of likely N-dealkylation sites (N-methyl/N-ethyl adjacent to an activating group) is 1. The first-order valence-corrected chi connectivity index (χ1v) is 5.63. The molecule has 106 valence electrons. The zero-order valence-electron chi connectivity index (χ0n) is 11.5. The number of aliphatic hydroxyl groups excluding tert-OH is 1. The normalized spacial score (nSPS) is 12.8. The van der Waals surface area contributed by atoms with Gasteiger partial charge in [-0.05, 0) is 27.2 Å². The number of rotatable bonds is 5. The van der Waals surface area contributed by atoms with Gasteiger partial charge in [0.15, 0.2) is 0 Å². The summed E-state index contributed by atoms with van der Waals surface area (Å²) in [4.78, 5) is 28.0. The van der Waals surface area contributed by atoms with Crippen molar-refractivity contribution in [1.82, 2.24) is 10.4 Å². The van der Waals surface area contributed by atoms with Crippen molar-refractivity contribution in [2.45, 2.75) is 38.8 Å². The van der Waals surface area contributed by atoms with Gasteiger partial charge in [-0.3, -0.25) is 9.63 Å². The maximum absolute atomic E-state index is 11.8. The van der Waals surface area contributed by atoms with Gasteiger partial charge < -0.3 is 15.2 Å². The molecule has 0 aromatic carbocycles. The third kappa shape index (κ3) is 6.41. The summed E-state index contributed by atoms with van der Waals surface area (Å²) in [6.07, 6.45) is -0.620. The van der Waals surface area contributed by atoms with Crippen LogP contribution < -0.4 is 5.32 Å². The quantitative estimate of drug-likeness (QED) is 0.695. The molecule has 0 rings (SSSR count). The first-order chi connectivity index (χ1) is 8.21. The Bertz CT molecular complexity index is 288. The lowest BCUT2D eigenvalue weighted by Crippen LogP contribution is -2.48. The van der Waals surface area contributed by atoms with E-state index in [0.717, 1.165) is 5.06 Å². The highest BCUT2D eigenvalue weighted by molar-refractivity contribution is 5.84. The lowest BCUT2D eigenvalue weighted by atomic mass is 10.2. The second-order valence-electron chi connectivity index (χ2n) is 4.73. The molecule has 0 aromatic heterocycles. The fraction of sp³-hybridized carbons (Fsp3) is 0.818. The van der Waals surface area contributed by atoms with Gasteiger partial charge in [-0.2, -0.15) is 0 Å². The topological polar surface area (TPSA) is 88.1 Å². The van der Waals surface area contributed by atoms with Gasteiger partial charge in [0.2, 0.25) is 0 Å². The number of nitrogens with zero attached hydrogens (tertiary/aromatic N) is 1. The van der Waals surface area contributed by atoms with Crippen molar-refractivity contribution in [1.29, 1.82) is 0 Å². The molecule has 0 saturated heterocycles. The van der Waals surface area contributed by atoms with Gasteiger partial charge in [0.1, 0.15) is 11.6 Å². The van der Waals surface area contributed by atoms with E-state index < -0.39 is 23.6 Å². The average molecular weight is 262 g/mol. The smallest absolute Gasteiger partial charge is 0.408 e. The molecule has 1 atom stereocenters. The van der Waals surface area contributed by atoms with Gasteiger partial charge in [0, 0.05) is 13.7 Å². The standard InChI is InChI=1S/C11H22N2O5/c1-11(2,3)18-10(16)12-8(6-7-14)9(15)13(4)17-5/h8,14H,6-7H2,1-5H3,(H,12,16)/t8-/m0/s1. The Morgan fingerprint density at radius 1 is 1.39 bits per heavy atom. The van der Waals surface area contributed by atoms with Crippen LogP contribution in [0.2, 0.25) is 0 Å². The highest BCUT2D eigenvalue weighted by Gasteiger charge is 2.26. The number of nitrogens with one attached hydrogen (secondary N) is 1. The molecule has 0 heterocycles. The number of hydroxylamine groups is 2. The molecule has 7 heteroatoms. The number of hydrogen-bond acceptors (Lipinski definition) is 5. The molecule has 0 radical (unpaired) electrons. The lowest BCUT2D eigenvalue weighted by Gasteiger charge is -2.25. The number of hydrogen-bond donors (Lipinski definition) is 2. The van der Waals surface area contributed by atoms with Crippen LogP contribution in [0.15, 0.2) is 0 Å². The van der Waals surface area contributed by atoms with Crippen molar-refractivity contribution in [3.05, 3.63) is 0 Å². The van der Waals surface area contributed by atoms with Gasteiger partial charge in [-0.15, -0.1) is 0 Å². The van der Waals surface area contributed by atoms with Crippen LogP contribution in [0.5, 0.6) is 0 Å². The summed E-state index contributed by atoms with van der Waals surface area (Å²) in [5.74, 6) is -0.461. The van der Waals surface area contributed by atoms with Crippen LogP contribution in [-0.2, 0) is 14.4 Å². The Hall–Kier alpha value is -1.34. The minimum atomic E-state index is -0.880. The van der Waals surface area contributed by atoms with Crippen LogP contribution >= 0.6 is 0 Å². The SMILES string of the molecule is CON(C)C(=O)[C@H](CCO)NC(=O)OC(C)(C)C. The van der Waals surface area contributed by atoms with Crippen LogP contribution in [0.4, 0.5) is 4.79 Å². The number of carbonyl (C=O) groups is 2.